The first-order valence-corrected chi connectivity index (χ1v) is 6.12. The number of hydrogen-bond acceptors (Lipinski definition) is 3. The Morgan fingerprint density at radius 1 is 1.56 bits per heavy atom. The molecule has 4 heteroatoms. The SMILES string of the molecule is CNCc1cnc(N(C)C2CCC2)c(Cl)c1. The Morgan fingerprint density at radius 3 is 2.81 bits per heavy atom. The molecule has 1 aliphatic rings. The van der Waals surface area contributed by atoms with Gasteiger partial charge in [0, 0.05) is 25.8 Å². The Balaban J connectivity index is 2.14. The predicted octanol–water partition coefficient (Wildman–Crippen LogP) is 2.44. The highest BCUT2D eigenvalue weighted by Crippen LogP contribution is 2.31. The first kappa shape index (κ1) is 11.7. The Kier molecular flexibility index (Phi) is 3.66. The minimum Gasteiger partial charge on any atom is -0.355 e. The minimum atomic E-state index is 0.625. The third-order valence-corrected chi connectivity index (χ3v) is 3.49. The van der Waals surface area contributed by atoms with Crippen LogP contribution in [0.3, 0.4) is 0 Å². The molecule has 1 aromatic rings. The number of aromatic nitrogens is 1. The van der Waals surface area contributed by atoms with Gasteiger partial charge in [-0.25, -0.2) is 4.98 Å². The highest BCUT2D eigenvalue weighted by molar-refractivity contribution is 6.33. The molecule has 3 nitrogen and oxygen atoms in total. The summed E-state index contributed by atoms with van der Waals surface area (Å²) in [7, 11) is 4.00. The largest absolute Gasteiger partial charge is 0.355 e. The van der Waals surface area contributed by atoms with Gasteiger partial charge in [0.05, 0.1) is 5.02 Å². The number of nitrogens with zero attached hydrogens (tertiary/aromatic N) is 2. The summed E-state index contributed by atoms with van der Waals surface area (Å²) in [5.74, 6) is 0.909. The molecule has 1 heterocycles. The first-order valence-electron chi connectivity index (χ1n) is 5.74. The van der Waals surface area contributed by atoms with E-state index in [4.69, 9.17) is 11.6 Å². The second-order valence-corrected chi connectivity index (χ2v) is 4.78. The van der Waals surface area contributed by atoms with Crippen LogP contribution in [0.4, 0.5) is 5.82 Å². The topological polar surface area (TPSA) is 28.2 Å². The van der Waals surface area contributed by atoms with Crippen LogP contribution in [0.25, 0.3) is 0 Å². The second kappa shape index (κ2) is 5.02. The highest BCUT2D eigenvalue weighted by Gasteiger charge is 2.24. The number of nitrogens with one attached hydrogen (secondary N) is 1. The van der Waals surface area contributed by atoms with Crippen molar-refractivity contribution >= 4 is 17.4 Å². The summed E-state index contributed by atoms with van der Waals surface area (Å²) in [6.07, 6.45) is 5.73. The maximum absolute atomic E-state index is 6.25. The van der Waals surface area contributed by atoms with Gasteiger partial charge in [0.1, 0.15) is 5.82 Å². The molecule has 1 aromatic heterocycles. The third kappa shape index (κ3) is 2.30. The van der Waals surface area contributed by atoms with Crippen molar-refractivity contribution in [2.75, 3.05) is 19.0 Å². The normalized spacial score (nSPS) is 15.9. The van der Waals surface area contributed by atoms with Gasteiger partial charge in [0.25, 0.3) is 0 Å². The number of rotatable bonds is 4. The van der Waals surface area contributed by atoms with Crippen LogP contribution in [0.1, 0.15) is 24.8 Å². The van der Waals surface area contributed by atoms with Crippen LogP contribution in [0.2, 0.25) is 5.02 Å². The fourth-order valence-corrected chi connectivity index (χ4v) is 2.30. The lowest BCUT2D eigenvalue weighted by molar-refractivity contribution is 0.399. The molecule has 0 spiro atoms. The summed E-state index contributed by atoms with van der Waals surface area (Å²) in [5, 5.41) is 3.84. The molecule has 1 fully saturated rings. The molecule has 0 bridgehead atoms. The zero-order valence-electron chi connectivity index (χ0n) is 9.83. The molecule has 0 aromatic carbocycles. The average molecular weight is 240 g/mol. The molecule has 88 valence electrons. The molecular weight excluding hydrogens is 222 g/mol. The molecule has 2 rings (SSSR count). The van der Waals surface area contributed by atoms with Crippen molar-refractivity contribution < 1.29 is 0 Å². The lowest BCUT2D eigenvalue weighted by atomic mass is 9.92. The standard InChI is InChI=1S/C12H18ClN3/c1-14-7-9-6-11(13)12(15-8-9)16(2)10-4-3-5-10/h6,8,10,14H,3-5,7H2,1-2H3. The molecule has 1 N–H and O–H groups in total. The zero-order chi connectivity index (χ0) is 11.5. The van der Waals surface area contributed by atoms with Crippen molar-refractivity contribution in [3.63, 3.8) is 0 Å². The molecule has 16 heavy (non-hydrogen) atoms. The van der Waals surface area contributed by atoms with Crippen LogP contribution in [0, 0.1) is 0 Å². The molecule has 0 radical (unpaired) electrons. The van der Waals surface area contributed by atoms with Gasteiger partial charge in [-0.05, 0) is 37.9 Å². The third-order valence-electron chi connectivity index (χ3n) is 3.22. The molecular formula is C12H18ClN3. The Hall–Kier alpha value is -0.800. The van der Waals surface area contributed by atoms with Crippen molar-refractivity contribution in [1.29, 1.82) is 0 Å². The highest BCUT2D eigenvalue weighted by atomic mass is 35.5. The van der Waals surface area contributed by atoms with Crippen molar-refractivity contribution in [3.8, 4) is 0 Å². The molecule has 0 saturated heterocycles. The summed E-state index contributed by atoms with van der Waals surface area (Å²) >= 11 is 6.25. The molecule has 1 saturated carbocycles. The molecule has 0 unspecified atom stereocenters. The number of halogens is 1. The minimum absolute atomic E-state index is 0.625. The van der Waals surface area contributed by atoms with Crippen LogP contribution >= 0.6 is 11.6 Å². The van der Waals surface area contributed by atoms with E-state index in [2.05, 4.69) is 22.2 Å². The van der Waals surface area contributed by atoms with Crippen molar-refractivity contribution in [3.05, 3.63) is 22.8 Å². The van der Waals surface area contributed by atoms with Crippen molar-refractivity contribution in [1.82, 2.24) is 10.3 Å². The van der Waals surface area contributed by atoms with Gasteiger partial charge in [0.15, 0.2) is 0 Å². The van der Waals surface area contributed by atoms with Crippen LogP contribution in [0.5, 0.6) is 0 Å². The quantitative estimate of drug-likeness (QED) is 0.875. The van der Waals surface area contributed by atoms with E-state index in [9.17, 15) is 0 Å². The van der Waals surface area contributed by atoms with E-state index in [0.29, 0.717) is 6.04 Å². The van der Waals surface area contributed by atoms with E-state index < -0.39 is 0 Å². The van der Waals surface area contributed by atoms with E-state index in [1.165, 1.54) is 19.3 Å². The van der Waals surface area contributed by atoms with E-state index in [0.717, 1.165) is 22.9 Å². The summed E-state index contributed by atoms with van der Waals surface area (Å²) in [6, 6.07) is 2.62. The fourth-order valence-electron chi connectivity index (χ4n) is 1.98. The zero-order valence-corrected chi connectivity index (χ0v) is 10.6. The average Bonchev–Trinajstić information content (AvgIpc) is 2.15. The van der Waals surface area contributed by atoms with Crippen molar-refractivity contribution in [2.45, 2.75) is 31.8 Å². The summed E-state index contributed by atoms with van der Waals surface area (Å²) < 4.78 is 0. The maximum Gasteiger partial charge on any atom is 0.147 e. The molecule has 1 aliphatic carbocycles. The van der Waals surface area contributed by atoms with Crippen LogP contribution < -0.4 is 10.2 Å². The van der Waals surface area contributed by atoms with Gasteiger partial charge in [-0.1, -0.05) is 11.6 Å². The van der Waals surface area contributed by atoms with Crippen LogP contribution in [-0.4, -0.2) is 25.1 Å². The molecule has 0 atom stereocenters. The van der Waals surface area contributed by atoms with Gasteiger partial charge in [-0.3, -0.25) is 0 Å². The lowest BCUT2D eigenvalue weighted by Crippen LogP contribution is -2.37. The fraction of sp³-hybridized carbons (Fsp3) is 0.583. The Bertz CT molecular complexity index is 363. The van der Waals surface area contributed by atoms with Gasteiger partial charge in [-0.2, -0.15) is 0 Å². The molecule has 0 amide bonds. The van der Waals surface area contributed by atoms with Crippen molar-refractivity contribution in [2.24, 2.45) is 0 Å². The van der Waals surface area contributed by atoms with Crippen LogP contribution in [0.15, 0.2) is 12.3 Å². The first-order chi connectivity index (χ1) is 7.72. The number of anilines is 1. The lowest BCUT2D eigenvalue weighted by Gasteiger charge is -2.36. The van der Waals surface area contributed by atoms with Gasteiger partial charge in [0.2, 0.25) is 0 Å². The summed E-state index contributed by atoms with van der Waals surface area (Å²) in [6.45, 7) is 0.806. The van der Waals surface area contributed by atoms with Crippen LogP contribution in [-0.2, 0) is 6.54 Å². The van der Waals surface area contributed by atoms with E-state index in [1.807, 2.05) is 19.3 Å². The monoisotopic (exact) mass is 239 g/mol. The summed E-state index contributed by atoms with van der Waals surface area (Å²) in [5.41, 5.74) is 1.12. The second-order valence-electron chi connectivity index (χ2n) is 4.37. The number of hydrogen-bond donors (Lipinski definition) is 1. The Labute approximate surface area is 102 Å². The predicted molar refractivity (Wildman–Crippen MR) is 68.1 cm³/mol. The van der Waals surface area contributed by atoms with Gasteiger partial charge in [-0.15, -0.1) is 0 Å². The smallest absolute Gasteiger partial charge is 0.147 e. The molecule has 0 aliphatic heterocycles. The van der Waals surface area contributed by atoms with Gasteiger partial charge < -0.3 is 10.2 Å². The van der Waals surface area contributed by atoms with E-state index in [-0.39, 0.29) is 0 Å². The number of pyridine rings is 1. The van der Waals surface area contributed by atoms with E-state index in [1.54, 1.807) is 0 Å². The van der Waals surface area contributed by atoms with E-state index >= 15 is 0 Å². The Morgan fingerprint density at radius 2 is 2.31 bits per heavy atom. The van der Waals surface area contributed by atoms with Gasteiger partial charge >= 0.3 is 0 Å². The summed E-state index contributed by atoms with van der Waals surface area (Å²) in [4.78, 5) is 6.66. The maximum atomic E-state index is 6.25.